The van der Waals surface area contributed by atoms with Crippen LogP contribution >= 0.6 is 0 Å². The van der Waals surface area contributed by atoms with Gasteiger partial charge in [-0.1, -0.05) is 12.1 Å². The molecule has 0 aliphatic heterocycles. The summed E-state index contributed by atoms with van der Waals surface area (Å²) < 4.78 is 29.8. The van der Waals surface area contributed by atoms with Gasteiger partial charge in [0.05, 0.1) is 0 Å². The first-order chi connectivity index (χ1) is 7.71. The Morgan fingerprint density at radius 3 is 2.56 bits per heavy atom. The maximum atomic E-state index is 12.3. The summed E-state index contributed by atoms with van der Waals surface area (Å²) in [6, 6.07) is 7.42. The molecule has 0 aliphatic carbocycles. The van der Waals surface area contributed by atoms with Crippen molar-refractivity contribution in [2.75, 3.05) is 20.4 Å². The smallest absolute Gasteiger partial charge is 0.155 e. The van der Waals surface area contributed by atoms with Crippen molar-refractivity contribution in [2.24, 2.45) is 0 Å². The molecule has 1 atom stereocenters. The van der Waals surface area contributed by atoms with Crippen molar-refractivity contribution in [1.82, 2.24) is 5.32 Å². The van der Waals surface area contributed by atoms with Crippen molar-refractivity contribution in [1.29, 1.82) is 0 Å². The van der Waals surface area contributed by atoms with Crippen molar-refractivity contribution in [2.45, 2.75) is 19.1 Å². The highest BCUT2D eigenvalue weighted by Crippen LogP contribution is 2.19. The minimum absolute atomic E-state index is 0.178. The maximum absolute atomic E-state index is 12.3. The minimum Gasteiger partial charge on any atom is -0.485 e. The van der Waals surface area contributed by atoms with E-state index in [1.54, 1.807) is 12.1 Å². The van der Waals surface area contributed by atoms with E-state index in [1.807, 2.05) is 26.1 Å². The van der Waals surface area contributed by atoms with Crippen molar-refractivity contribution < 1.29 is 13.5 Å². The first kappa shape index (κ1) is 12.9. The molecule has 4 heteroatoms. The van der Waals surface area contributed by atoms with Crippen LogP contribution in [0.3, 0.4) is 0 Å². The molecule has 0 radical (unpaired) electrons. The lowest BCUT2D eigenvalue weighted by molar-refractivity contribution is 0.133. The average molecular weight is 229 g/mol. The van der Waals surface area contributed by atoms with Gasteiger partial charge in [-0.15, -0.1) is 0 Å². The summed E-state index contributed by atoms with van der Waals surface area (Å²) in [5.41, 5.74) is 1.02. The predicted molar refractivity (Wildman–Crippen MR) is 60.3 cm³/mol. The predicted octanol–water partition coefficient (Wildman–Crippen LogP) is 2.65. The molecule has 0 saturated carbocycles. The van der Waals surface area contributed by atoms with E-state index in [9.17, 15) is 8.78 Å². The number of nitrogens with one attached hydrogen (secondary N) is 1. The highest BCUT2D eigenvalue weighted by atomic mass is 19.1. The van der Waals surface area contributed by atoms with Crippen LogP contribution in [0.15, 0.2) is 24.3 Å². The molecule has 0 heterocycles. The molecule has 0 amide bonds. The molecule has 1 aromatic rings. The van der Waals surface area contributed by atoms with Gasteiger partial charge < -0.3 is 10.1 Å². The van der Waals surface area contributed by atoms with Crippen LogP contribution in [0.1, 0.15) is 18.5 Å². The lowest BCUT2D eigenvalue weighted by Gasteiger charge is -2.15. The summed E-state index contributed by atoms with van der Waals surface area (Å²) in [6.45, 7) is 0.367. The van der Waals surface area contributed by atoms with Crippen LogP contribution in [0.5, 0.6) is 5.75 Å². The molecule has 1 rings (SSSR count). The van der Waals surface area contributed by atoms with Crippen molar-refractivity contribution in [3.63, 3.8) is 0 Å². The summed E-state index contributed by atoms with van der Waals surface area (Å²) in [6.07, 6.45) is -1.000. The third kappa shape index (κ3) is 3.45. The zero-order chi connectivity index (χ0) is 12.0. The molecule has 1 aromatic carbocycles. The highest BCUT2D eigenvalue weighted by molar-refractivity contribution is 5.30. The Hall–Kier alpha value is -1.16. The molecular formula is C12H17F2NO. The van der Waals surface area contributed by atoms with Gasteiger partial charge in [-0.25, -0.2) is 8.78 Å². The van der Waals surface area contributed by atoms with Gasteiger partial charge in [-0.2, -0.15) is 0 Å². The number of alkyl halides is 2. The first-order valence-corrected chi connectivity index (χ1v) is 5.27. The molecule has 0 bridgehead atoms. The third-order valence-electron chi connectivity index (χ3n) is 2.44. The summed E-state index contributed by atoms with van der Waals surface area (Å²) in [7, 11) is 1.85. The quantitative estimate of drug-likeness (QED) is 0.809. The molecule has 0 unspecified atom stereocenters. The Labute approximate surface area is 94.6 Å². The van der Waals surface area contributed by atoms with Crippen LogP contribution in [0, 0.1) is 0 Å². The summed E-state index contributed by atoms with van der Waals surface area (Å²) in [5.74, 6) is 0.500. The molecule has 1 N–H and O–H groups in total. The van der Waals surface area contributed by atoms with Gasteiger partial charge in [0.2, 0.25) is 0 Å². The fourth-order valence-electron chi connectivity index (χ4n) is 1.32. The number of rotatable bonds is 6. The van der Waals surface area contributed by atoms with Gasteiger partial charge in [0, 0.05) is 6.04 Å². The number of halogens is 2. The summed E-state index contributed by atoms with van der Waals surface area (Å²) >= 11 is 0. The van der Waals surface area contributed by atoms with Crippen LogP contribution in [-0.2, 0) is 0 Å². The van der Waals surface area contributed by atoms with E-state index in [0.29, 0.717) is 5.75 Å². The van der Waals surface area contributed by atoms with E-state index >= 15 is 0 Å². The van der Waals surface area contributed by atoms with Crippen LogP contribution < -0.4 is 10.1 Å². The van der Waals surface area contributed by atoms with E-state index in [2.05, 4.69) is 5.32 Å². The lowest BCUT2D eigenvalue weighted by atomic mass is 10.1. The SMILES string of the molecule is CN[C@H](C)c1cccc(OC(CF)CF)c1. The molecule has 90 valence electrons. The van der Waals surface area contributed by atoms with Crippen molar-refractivity contribution >= 4 is 0 Å². The van der Waals surface area contributed by atoms with E-state index in [1.165, 1.54) is 0 Å². The second kappa shape index (κ2) is 6.43. The van der Waals surface area contributed by atoms with Gasteiger partial charge in [0.15, 0.2) is 6.10 Å². The molecule has 0 aliphatic rings. The minimum atomic E-state index is -1.000. The van der Waals surface area contributed by atoms with Crippen molar-refractivity contribution in [3.8, 4) is 5.75 Å². The second-order valence-corrected chi connectivity index (χ2v) is 3.63. The number of ether oxygens (including phenoxy) is 1. The highest BCUT2D eigenvalue weighted by Gasteiger charge is 2.10. The Bertz CT molecular complexity index is 316. The fraction of sp³-hybridized carbons (Fsp3) is 0.500. The van der Waals surface area contributed by atoms with E-state index in [4.69, 9.17) is 4.74 Å². The summed E-state index contributed by atoms with van der Waals surface area (Å²) in [5, 5.41) is 3.09. The topological polar surface area (TPSA) is 21.3 Å². The summed E-state index contributed by atoms with van der Waals surface area (Å²) in [4.78, 5) is 0. The van der Waals surface area contributed by atoms with Crippen LogP contribution in [0.25, 0.3) is 0 Å². The van der Waals surface area contributed by atoms with E-state index in [-0.39, 0.29) is 6.04 Å². The van der Waals surface area contributed by atoms with Gasteiger partial charge in [-0.3, -0.25) is 0 Å². The van der Waals surface area contributed by atoms with Gasteiger partial charge in [-0.05, 0) is 31.7 Å². The molecule has 0 spiro atoms. The largest absolute Gasteiger partial charge is 0.485 e. The number of hydrogen-bond acceptors (Lipinski definition) is 2. The Morgan fingerprint density at radius 1 is 1.31 bits per heavy atom. The van der Waals surface area contributed by atoms with Gasteiger partial charge in [0.1, 0.15) is 19.1 Å². The van der Waals surface area contributed by atoms with Crippen LogP contribution in [-0.4, -0.2) is 26.5 Å². The Kier molecular flexibility index (Phi) is 5.19. The van der Waals surface area contributed by atoms with E-state index < -0.39 is 19.5 Å². The fourth-order valence-corrected chi connectivity index (χ4v) is 1.32. The molecule has 2 nitrogen and oxygen atoms in total. The van der Waals surface area contributed by atoms with Gasteiger partial charge in [0.25, 0.3) is 0 Å². The van der Waals surface area contributed by atoms with Gasteiger partial charge >= 0.3 is 0 Å². The molecule has 0 aromatic heterocycles. The molecule has 16 heavy (non-hydrogen) atoms. The molecule has 0 saturated heterocycles. The zero-order valence-electron chi connectivity index (χ0n) is 9.54. The van der Waals surface area contributed by atoms with Crippen LogP contribution in [0.4, 0.5) is 8.78 Å². The van der Waals surface area contributed by atoms with Crippen LogP contribution in [0.2, 0.25) is 0 Å². The Morgan fingerprint density at radius 2 is 2.00 bits per heavy atom. The zero-order valence-corrected chi connectivity index (χ0v) is 9.54. The standard InChI is InChI=1S/C12H17F2NO/c1-9(15-2)10-4-3-5-11(6-10)16-12(7-13)8-14/h3-6,9,12,15H,7-8H2,1-2H3/t9-/m1/s1. The third-order valence-corrected chi connectivity index (χ3v) is 2.44. The van der Waals surface area contributed by atoms with E-state index in [0.717, 1.165) is 5.56 Å². The average Bonchev–Trinajstić information content (AvgIpc) is 2.35. The number of hydrogen-bond donors (Lipinski definition) is 1. The lowest BCUT2D eigenvalue weighted by Crippen LogP contribution is -2.21. The first-order valence-electron chi connectivity index (χ1n) is 5.27. The monoisotopic (exact) mass is 229 g/mol. The molecular weight excluding hydrogens is 212 g/mol. The number of benzene rings is 1. The maximum Gasteiger partial charge on any atom is 0.155 e. The molecule has 0 fully saturated rings. The Balaban J connectivity index is 2.74. The van der Waals surface area contributed by atoms with Crippen molar-refractivity contribution in [3.05, 3.63) is 29.8 Å². The normalized spacial score (nSPS) is 12.8. The second-order valence-electron chi connectivity index (χ2n) is 3.63.